The van der Waals surface area contributed by atoms with Crippen LogP contribution in [0, 0.1) is 10.8 Å². The largest absolute Gasteiger partial charge is 0.494 e. The summed E-state index contributed by atoms with van der Waals surface area (Å²) < 4.78 is 5.61. The van der Waals surface area contributed by atoms with Crippen LogP contribution in [0.15, 0.2) is 97.1 Å². The predicted octanol–water partition coefficient (Wildman–Crippen LogP) is 5.72. The minimum Gasteiger partial charge on any atom is -0.494 e. The highest BCUT2D eigenvalue weighted by molar-refractivity contribution is 6.08. The van der Waals surface area contributed by atoms with Gasteiger partial charge in [-0.2, -0.15) is 0 Å². The molecule has 49 heavy (non-hydrogen) atoms. The molecule has 2 bridgehead atoms. The van der Waals surface area contributed by atoms with Gasteiger partial charge in [0.2, 0.25) is 11.8 Å². The number of nitrogens with one attached hydrogen (secondary N) is 3. The first-order valence-electron chi connectivity index (χ1n) is 17.6. The van der Waals surface area contributed by atoms with Gasteiger partial charge >= 0.3 is 0 Å². The molecule has 0 spiro atoms. The number of hydrogen-bond donors (Lipinski definition) is 4. The van der Waals surface area contributed by atoms with E-state index in [0.717, 1.165) is 72.7 Å². The summed E-state index contributed by atoms with van der Waals surface area (Å²) in [6.45, 7) is 3.79. The van der Waals surface area contributed by atoms with Crippen LogP contribution in [0.3, 0.4) is 0 Å². The van der Waals surface area contributed by atoms with Crippen LogP contribution >= 0.6 is 0 Å². The molecule has 3 amide bonds. The Morgan fingerprint density at radius 1 is 0.694 bits per heavy atom. The molecule has 8 heteroatoms. The van der Waals surface area contributed by atoms with E-state index >= 15 is 0 Å². The molecule has 3 saturated carbocycles. The third kappa shape index (κ3) is 8.14. The van der Waals surface area contributed by atoms with Gasteiger partial charge in [0, 0.05) is 24.9 Å². The third-order valence-corrected chi connectivity index (χ3v) is 10.9. The molecule has 0 heterocycles. The fraction of sp³-hybridized carbons (Fsp3) is 0.390. The topological polar surface area (TPSA) is 123 Å². The molecule has 2 atom stereocenters. The van der Waals surface area contributed by atoms with E-state index in [1.54, 1.807) is 6.07 Å². The number of carbonyl (C=O) groups is 3. The highest BCUT2D eigenvalue weighted by Gasteiger charge is 2.48. The van der Waals surface area contributed by atoms with E-state index in [4.69, 9.17) is 10.5 Å². The number of amides is 3. The average Bonchev–Trinajstić information content (AvgIpc) is 3.15. The van der Waals surface area contributed by atoms with Gasteiger partial charge < -0.3 is 26.4 Å². The van der Waals surface area contributed by atoms with Crippen LogP contribution in [-0.2, 0) is 22.4 Å². The van der Waals surface area contributed by atoms with E-state index in [0.29, 0.717) is 25.1 Å². The van der Waals surface area contributed by atoms with Gasteiger partial charge in [-0.1, -0.05) is 78.9 Å². The molecular formula is C41H48N4O4. The zero-order chi connectivity index (χ0) is 34.3. The second-order valence-electron chi connectivity index (χ2n) is 14.0. The molecule has 5 N–H and O–H groups in total. The first kappa shape index (κ1) is 34.2. The highest BCUT2D eigenvalue weighted by atomic mass is 16.5. The van der Waals surface area contributed by atoms with Crippen molar-refractivity contribution in [1.29, 1.82) is 0 Å². The molecule has 4 aromatic rings. The smallest absolute Gasteiger partial charge is 0.252 e. The van der Waals surface area contributed by atoms with E-state index in [1.807, 2.05) is 97.9 Å². The van der Waals surface area contributed by atoms with Gasteiger partial charge in [0.05, 0.1) is 6.61 Å². The van der Waals surface area contributed by atoms with Crippen molar-refractivity contribution < 1.29 is 19.1 Å². The van der Waals surface area contributed by atoms with Crippen LogP contribution < -0.4 is 26.4 Å². The van der Waals surface area contributed by atoms with E-state index in [-0.39, 0.29) is 29.1 Å². The van der Waals surface area contributed by atoms with Crippen LogP contribution in [0.1, 0.15) is 66.9 Å². The zero-order valence-corrected chi connectivity index (χ0v) is 28.4. The number of rotatable bonds is 14. The van der Waals surface area contributed by atoms with Gasteiger partial charge in [0.1, 0.15) is 17.8 Å². The molecule has 4 aromatic carbocycles. The van der Waals surface area contributed by atoms with Crippen LogP contribution in [-0.4, -0.2) is 49.5 Å². The number of nitrogens with two attached hydrogens (primary N) is 1. The van der Waals surface area contributed by atoms with Crippen LogP contribution in [0.4, 0.5) is 0 Å². The second-order valence-corrected chi connectivity index (χ2v) is 14.0. The summed E-state index contributed by atoms with van der Waals surface area (Å²) in [5, 5.41) is 11.0. The first-order chi connectivity index (χ1) is 23.8. The van der Waals surface area contributed by atoms with Crippen molar-refractivity contribution in [2.75, 3.05) is 19.7 Å². The van der Waals surface area contributed by atoms with Gasteiger partial charge in [0.25, 0.3) is 5.91 Å². The summed E-state index contributed by atoms with van der Waals surface area (Å²) >= 11 is 0. The summed E-state index contributed by atoms with van der Waals surface area (Å²) in [7, 11) is 0. The third-order valence-electron chi connectivity index (χ3n) is 10.9. The molecule has 0 saturated heterocycles. The summed E-state index contributed by atoms with van der Waals surface area (Å²) in [6, 6.07) is 28.7. The first-order valence-corrected chi connectivity index (χ1v) is 17.6. The van der Waals surface area contributed by atoms with Gasteiger partial charge in [-0.3, -0.25) is 14.4 Å². The average molecular weight is 661 g/mol. The molecular weight excluding hydrogens is 612 g/mol. The van der Waals surface area contributed by atoms with E-state index in [1.165, 1.54) is 0 Å². The number of carbonyl (C=O) groups excluding carboxylic acids is 3. The molecule has 0 unspecified atom stereocenters. The zero-order valence-electron chi connectivity index (χ0n) is 28.4. The molecule has 256 valence electrons. The Hall–Kier alpha value is -4.69. The van der Waals surface area contributed by atoms with Crippen molar-refractivity contribution in [1.82, 2.24) is 16.0 Å². The van der Waals surface area contributed by atoms with E-state index in [2.05, 4.69) is 16.0 Å². The Bertz CT molecular complexity index is 1730. The van der Waals surface area contributed by atoms with Gasteiger partial charge in [0.15, 0.2) is 0 Å². The SMILES string of the molecule is CCOc1ccc(C[C@@H](NC(=O)c2cccc3ccccc23)C(=O)N[C@@H](Cc2ccccc2)C(=O)NCC23CCC(CN)(CC2)CC3)cc1. The highest BCUT2D eigenvalue weighted by Crippen LogP contribution is 2.56. The number of fused-ring (bicyclic) bond motifs is 4. The lowest BCUT2D eigenvalue weighted by atomic mass is 9.54. The lowest BCUT2D eigenvalue weighted by Crippen LogP contribution is -2.56. The van der Waals surface area contributed by atoms with Crippen molar-refractivity contribution in [3.05, 3.63) is 114 Å². The lowest BCUT2D eigenvalue weighted by Gasteiger charge is -2.53. The molecule has 8 nitrogen and oxygen atoms in total. The Kier molecular flexibility index (Phi) is 10.6. The van der Waals surface area contributed by atoms with Crippen molar-refractivity contribution in [2.45, 2.75) is 70.4 Å². The standard InChI is InChI=1S/C41H48N4O4/c1-2-49-32-17-15-30(16-18-32)26-36(44-37(46)34-14-8-12-31-11-6-7-13-33(31)34)39(48)45-35(25-29-9-4-3-5-10-29)38(47)43-28-41-22-19-40(27-42,20-23-41)21-24-41/h3-18,35-36H,2,19-28,42H2,1H3,(H,43,47)(H,44,46)(H,45,48)/t35-,36+,40?,41?/m0/s1. The van der Waals surface area contributed by atoms with E-state index < -0.39 is 18.0 Å². The molecule has 3 aliphatic rings. The Morgan fingerprint density at radius 2 is 1.29 bits per heavy atom. The summed E-state index contributed by atoms with van der Waals surface area (Å²) in [5.74, 6) is -0.252. The van der Waals surface area contributed by atoms with Crippen molar-refractivity contribution in [3.63, 3.8) is 0 Å². The maximum atomic E-state index is 14.2. The fourth-order valence-electron chi connectivity index (χ4n) is 7.63. The maximum Gasteiger partial charge on any atom is 0.252 e. The lowest BCUT2D eigenvalue weighted by molar-refractivity contribution is -0.130. The van der Waals surface area contributed by atoms with Gasteiger partial charge in [-0.05, 0) is 103 Å². The predicted molar refractivity (Wildman–Crippen MR) is 193 cm³/mol. The Labute approximate surface area is 289 Å². The second kappa shape index (κ2) is 15.2. The fourth-order valence-corrected chi connectivity index (χ4v) is 7.63. The van der Waals surface area contributed by atoms with Crippen LogP contribution in [0.25, 0.3) is 10.8 Å². The quantitative estimate of drug-likeness (QED) is 0.138. The van der Waals surface area contributed by atoms with Gasteiger partial charge in [-0.25, -0.2) is 0 Å². The van der Waals surface area contributed by atoms with Crippen molar-refractivity contribution in [3.8, 4) is 5.75 Å². The van der Waals surface area contributed by atoms with Crippen molar-refractivity contribution in [2.24, 2.45) is 16.6 Å². The van der Waals surface area contributed by atoms with Crippen LogP contribution in [0.2, 0.25) is 0 Å². The Balaban J connectivity index is 1.22. The molecule has 3 fully saturated rings. The number of hydrogen-bond acceptors (Lipinski definition) is 5. The van der Waals surface area contributed by atoms with E-state index in [9.17, 15) is 14.4 Å². The van der Waals surface area contributed by atoms with Crippen LogP contribution in [0.5, 0.6) is 5.75 Å². The normalized spacial score (nSPS) is 21.0. The Morgan fingerprint density at radius 3 is 1.96 bits per heavy atom. The monoisotopic (exact) mass is 660 g/mol. The molecule has 0 radical (unpaired) electrons. The molecule has 7 rings (SSSR count). The maximum absolute atomic E-state index is 14.2. The summed E-state index contributed by atoms with van der Waals surface area (Å²) in [4.78, 5) is 42.0. The molecule has 0 aliphatic heterocycles. The number of benzene rings is 4. The minimum absolute atomic E-state index is 0.0799. The summed E-state index contributed by atoms with van der Waals surface area (Å²) in [5.41, 5.74) is 8.76. The molecule has 3 aliphatic carbocycles. The minimum atomic E-state index is -0.935. The van der Waals surface area contributed by atoms with Gasteiger partial charge in [-0.15, -0.1) is 0 Å². The van der Waals surface area contributed by atoms with Crippen molar-refractivity contribution >= 4 is 28.5 Å². The number of ether oxygens (including phenoxy) is 1. The summed E-state index contributed by atoms with van der Waals surface area (Å²) in [6.07, 6.45) is 7.06. The molecule has 0 aromatic heterocycles.